The highest BCUT2D eigenvalue weighted by atomic mass is 16.5. The zero-order chi connectivity index (χ0) is 20.8. The Kier molecular flexibility index (Phi) is 6.14. The van der Waals surface area contributed by atoms with Gasteiger partial charge in [0.05, 0.1) is 26.9 Å². The summed E-state index contributed by atoms with van der Waals surface area (Å²) >= 11 is 0. The second-order valence-electron chi connectivity index (χ2n) is 6.17. The van der Waals surface area contributed by atoms with Gasteiger partial charge in [-0.1, -0.05) is 18.2 Å². The smallest absolute Gasteiger partial charge is 0.337 e. The van der Waals surface area contributed by atoms with Crippen molar-refractivity contribution in [2.45, 2.75) is 0 Å². The number of esters is 1. The van der Waals surface area contributed by atoms with Crippen molar-refractivity contribution >= 4 is 17.6 Å². The zero-order valence-corrected chi connectivity index (χ0v) is 16.4. The maximum Gasteiger partial charge on any atom is 0.337 e. The van der Waals surface area contributed by atoms with E-state index in [1.54, 1.807) is 56.7 Å². The lowest BCUT2D eigenvalue weighted by Gasteiger charge is -2.12. The summed E-state index contributed by atoms with van der Waals surface area (Å²) < 4.78 is 15.5. The van der Waals surface area contributed by atoms with Crippen LogP contribution in [0.4, 0.5) is 5.69 Å². The van der Waals surface area contributed by atoms with E-state index in [-0.39, 0.29) is 5.91 Å². The van der Waals surface area contributed by atoms with E-state index in [0.29, 0.717) is 28.3 Å². The lowest BCUT2D eigenvalue weighted by Crippen LogP contribution is -2.13. The topological polar surface area (TPSA) is 73.9 Å². The Morgan fingerprint density at radius 3 is 2.31 bits per heavy atom. The van der Waals surface area contributed by atoms with Crippen molar-refractivity contribution in [3.05, 3.63) is 77.9 Å². The molecular weight excluding hydrogens is 370 g/mol. The summed E-state index contributed by atoms with van der Waals surface area (Å²) in [6, 6.07) is 19.3. The first-order valence-electron chi connectivity index (χ1n) is 8.88. The van der Waals surface area contributed by atoms with Gasteiger partial charge in [0.15, 0.2) is 0 Å². The van der Waals surface area contributed by atoms with Crippen molar-refractivity contribution in [3.8, 4) is 22.6 Å². The standard InChI is InChI=1S/C23H21NO5/c1-27-19-9-5-6-15(13-19)20-14-16(10-11-21(20)28-2)22(25)24-18-8-4-7-17(12-18)23(26)29-3/h4-14H,1-3H3,(H,24,25). The number of amides is 1. The fraction of sp³-hybridized carbons (Fsp3) is 0.130. The lowest BCUT2D eigenvalue weighted by molar-refractivity contribution is 0.0600. The number of anilines is 1. The molecule has 6 heteroatoms. The molecule has 148 valence electrons. The number of methoxy groups -OCH3 is 3. The summed E-state index contributed by atoms with van der Waals surface area (Å²) in [5.74, 6) is 0.575. The Balaban J connectivity index is 1.91. The van der Waals surface area contributed by atoms with Gasteiger partial charge in [-0.2, -0.15) is 0 Å². The maximum absolute atomic E-state index is 12.8. The molecule has 0 aromatic heterocycles. The summed E-state index contributed by atoms with van der Waals surface area (Å²) in [5, 5.41) is 2.80. The minimum Gasteiger partial charge on any atom is -0.497 e. The molecular formula is C23H21NO5. The number of benzene rings is 3. The minimum absolute atomic E-state index is 0.307. The van der Waals surface area contributed by atoms with E-state index in [2.05, 4.69) is 5.32 Å². The molecule has 0 bridgehead atoms. The number of hydrogen-bond acceptors (Lipinski definition) is 5. The number of rotatable bonds is 6. The molecule has 0 heterocycles. The molecule has 0 fully saturated rings. The third kappa shape index (κ3) is 4.55. The molecule has 3 aromatic carbocycles. The molecule has 29 heavy (non-hydrogen) atoms. The third-order valence-electron chi connectivity index (χ3n) is 4.38. The molecule has 1 N–H and O–H groups in total. The van der Waals surface area contributed by atoms with Gasteiger partial charge in [0.1, 0.15) is 11.5 Å². The van der Waals surface area contributed by atoms with Gasteiger partial charge in [0, 0.05) is 16.8 Å². The van der Waals surface area contributed by atoms with Crippen LogP contribution in [-0.4, -0.2) is 33.2 Å². The molecule has 3 rings (SSSR count). The first-order valence-corrected chi connectivity index (χ1v) is 8.88. The lowest BCUT2D eigenvalue weighted by atomic mass is 10.0. The van der Waals surface area contributed by atoms with Gasteiger partial charge in [0.25, 0.3) is 5.91 Å². The van der Waals surface area contributed by atoms with Gasteiger partial charge in [0.2, 0.25) is 0 Å². The summed E-state index contributed by atoms with van der Waals surface area (Å²) in [5.41, 5.74) is 2.94. The van der Waals surface area contributed by atoms with Crippen molar-refractivity contribution in [3.63, 3.8) is 0 Å². The molecule has 3 aromatic rings. The quantitative estimate of drug-likeness (QED) is 0.630. The Morgan fingerprint density at radius 2 is 1.59 bits per heavy atom. The van der Waals surface area contributed by atoms with Crippen molar-refractivity contribution in [1.29, 1.82) is 0 Å². The molecule has 0 saturated heterocycles. The van der Waals surface area contributed by atoms with Crippen molar-refractivity contribution < 1.29 is 23.8 Å². The molecule has 0 radical (unpaired) electrons. The summed E-state index contributed by atoms with van der Waals surface area (Å²) in [4.78, 5) is 24.5. The SMILES string of the molecule is COC(=O)c1cccc(NC(=O)c2ccc(OC)c(-c3cccc(OC)c3)c2)c1. The van der Waals surface area contributed by atoms with E-state index in [4.69, 9.17) is 14.2 Å². The second kappa shape index (κ2) is 8.93. The number of hydrogen-bond donors (Lipinski definition) is 1. The van der Waals surface area contributed by atoms with Gasteiger partial charge in [-0.3, -0.25) is 4.79 Å². The predicted octanol–water partition coefficient (Wildman–Crippen LogP) is 4.41. The molecule has 0 atom stereocenters. The Bertz CT molecular complexity index is 1040. The predicted molar refractivity (Wildman–Crippen MR) is 111 cm³/mol. The Hall–Kier alpha value is -3.80. The van der Waals surface area contributed by atoms with E-state index in [1.165, 1.54) is 7.11 Å². The van der Waals surface area contributed by atoms with Crippen LogP contribution in [0.15, 0.2) is 66.7 Å². The highest BCUT2D eigenvalue weighted by molar-refractivity contribution is 6.05. The molecule has 0 spiro atoms. The zero-order valence-electron chi connectivity index (χ0n) is 16.4. The van der Waals surface area contributed by atoms with Crippen LogP contribution >= 0.6 is 0 Å². The van der Waals surface area contributed by atoms with Crippen molar-refractivity contribution in [1.82, 2.24) is 0 Å². The van der Waals surface area contributed by atoms with Crippen LogP contribution in [0, 0.1) is 0 Å². The van der Waals surface area contributed by atoms with Gasteiger partial charge < -0.3 is 19.5 Å². The molecule has 1 amide bonds. The first kappa shape index (κ1) is 19.9. The minimum atomic E-state index is -0.467. The fourth-order valence-electron chi connectivity index (χ4n) is 2.91. The maximum atomic E-state index is 12.8. The van der Waals surface area contributed by atoms with E-state index in [0.717, 1.165) is 11.1 Å². The van der Waals surface area contributed by atoms with Crippen LogP contribution < -0.4 is 14.8 Å². The van der Waals surface area contributed by atoms with Crippen molar-refractivity contribution in [2.75, 3.05) is 26.6 Å². The van der Waals surface area contributed by atoms with E-state index < -0.39 is 5.97 Å². The van der Waals surface area contributed by atoms with Crippen LogP contribution in [0.1, 0.15) is 20.7 Å². The van der Waals surface area contributed by atoms with Gasteiger partial charge in [-0.25, -0.2) is 4.79 Å². The summed E-state index contributed by atoms with van der Waals surface area (Å²) in [7, 11) is 4.49. The monoisotopic (exact) mass is 391 g/mol. The number of carbonyl (C=O) groups excluding carboxylic acids is 2. The summed E-state index contributed by atoms with van der Waals surface area (Å²) in [6.45, 7) is 0. The van der Waals surface area contributed by atoms with Crippen molar-refractivity contribution in [2.24, 2.45) is 0 Å². The number of nitrogens with one attached hydrogen (secondary N) is 1. The van der Waals surface area contributed by atoms with E-state index in [9.17, 15) is 9.59 Å². The highest BCUT2D eigenvalue weighted by Crippen LogP contribution is 2.33. The average Bonchev–Trinajstić information content (AvgIpc) is 2.78. The number of ether oxygens (including phenoxy) is 3. The molecule has 0 aliphatic rings. The summed E-state index contributed by atoms with van der Waals surface area (Å²) in [6.07, 6.45) is 0. The fourth-order valence-corrected chi connectivity index (χ4v) is 2.91. The molecule has 0 saturated carbocycles. The van der Waals surface area contributed by atoms with Crippen LogP contribution in [0.25, 0.3) is 11.1 Å². The Morgan fingerprint density at radius 1 is 0.793 bits per heavy atom. The van der Waals surface area contributed by atoms with Crippen LogP contribution in [0.2, 0.25) is 0 Å². The highest BCUT2D eigenvalue weighted by Gasteiger charge is 2.14. The third-order valence-corrected chi connectivity index (χ3v) is 4.38. The molecule has 0 aliphatic heterocycles. The second-order valence-corrected chi connectivity index (χ2v) is 6.17. The number of carbonyl (C=O) groups is 2. The van der Waals surface area contributed by atoms with Gasteiger partial charge in [-0.15, -0.1) is 0 Å². The van der Waals surface area contributed by atoms with E-state index >= 15 is 0 Å². The molecule has 0 aliphatic carbocycles. The average molecular weight is 391 g/mol. The largest absolute Gasteiger partial charge is 0.497 e. The normalized spacial score (nSPS) is 10.2. The molecule has 0 unspecified atom stereocenters. The first-order chi connectivity index (χ1) is 14.0. The van der Waals surface area contributed by atoms with Gasteiger partial charge in [-0.05, 0) is 54.1 Å². The van der Waals surface area contributed by atoms with Crippen LogP contribution in [0.5, 0.6) is 11.5 Å². The Labute approximate surface area is 169 Å². The van der Waals surface area contributed by atoms with E-state index in [1.807, 2.05) is 24.3 Å². The van der Waals surface area contributed by atoms with Gasteiger partial charge >= 0.3 is 5.97 Å². The van der Waals surface area contributed by atoms with Crippen LogP contribution in [0.3, 0.4) is 0 Å². The molecule has 6 nitrogen and oxygen atoms in total. The van der Waals surface area contributed by atoms with Crippen LogP contribution in [-0.2, 0) is 4.74 Å².